The standard InChI is InChI=1S/C25H21ClN2O6S/c1-4-32-24(30)21-13(2)27-25-28(22(21)15-6-8-18-19(11-15)34-12-33-18)23(29)20(35-25)10-14-5-7-17(31-3)16(26)9-14/h5-11,22H,4,12H2,1-3H3/b20-10+/t22-/m0/s1. The fourth-order valence-electron chi connectivity index (χ4n) is 4.11. The SMILES string of the molecule is CCOC(=O)C1=C(C)N=c2s/c(=C/c3ccc(OC)c(Cl)c3)c(=O)n2[C@H]1c1ccc2c(c1)OCO2. The van der Waals surface area contributed by atoms with Crippen molar-refractivity contribution in [2.75, 3.05) is 20.5 Å². The van der Waals surface area contributed by atoms with E-state index in [1.54, 1.807) is 51.3 Å². The van der Waals surface area contributed by atoms with E-state index in [9.17, 15) is 9.59 Å². The van der Waals surface area contributed by atoms with Crippen molar-refractivity contribution in [2.24, 2.45) is 4.99 Å². The zero-order valence-electron chi connectivity index (χ0n) is 19.2. The van der Waals surface area contributed by atoms with E-state index in [0.717, 1.165) is 5.56 Å². The summed E-state index contributed by atoms with van der Waals surface area (Å²) in [6.07, 6.45) is 1.75. The van der Waals surface area contributed by atoms with E-state index in [1.807, 2.05) is 12.1 Å². The van der Waals surface area contributed by atoms with Gasteiger partial charge >= 0.3 is 5.97 Å². The molecule has 2 aromatic carbocycles. The molecule has 0 radical (unpaired) electrons. The van der Waals surface area contributed by atoms with Crippen LogP contribution in [0.25, 0.3) is 6.08 Å². The van der Waals surface area contributed by atoms with Gasteiger partial charge < -0.3 is 18.9 Å². The maximum Gasteiger partial charge on any atom is 0.338 e. The van der Waals surface area contributed by atoms with Gasteiger partial charge in [0.1, 0.15) is 5.75 Å². The van der Waals surface area contributed by atoms with Crippen LogP contribution in [0, 0.1) is 0 Å². The minimum atomic E-state index is -0.735. The van der Waals surface area contributed by atoms with Crippen LogP contribution in [0.2, 0.25) is 5.02 Å². The molecule has 180 valence electrons. The molecule has 0 fully saturated rings. The average molecular weight is 513 g/mol. The van der Waals surface area contributed by atoms with Crippen molar-refractivity contribution < 1.29 is 23.7 Å². The number of ether oxygens (including phenoxy) is 4. The second-order valence-electron chi connectivity index (χ2n) is 7.81. The van der Waals surface area contributed by atoms with E-state index in [4.69, 9.17) is 30.5 Å². The largest absolute Gasteiger partial charge is 0.495 e. The molecule has 1 atom stereocenters. The Hall–Kier alpha value is -3.56. The van der Waals surface area contributed by atoms with Gasteiger partial charge in [-0.2, -0.15) is 0 Å². The molecule has 3 heterocycles. The van der Waals surface area contributed by atoms with Gasteiger partial charge in [0.25, 0.3) is 5.56 Å². The summed E-state index contributed by atoms with van der Waals surface area (Å²) in [5.74, 6) is 1.18. The van der Waals surface area contributed by atoms with Crippen LogP contribution in [0.1, 0.15) is 31.0 Å². The van der Waals surface area contributed by atoms with Crippen molar-refractivity contribution in [2.45, 2.75) is 19.9 Å². The van der Waals surface area contributed by atoms with Crippen LogP contribution in [0.3, 0.4) is 0 Å². The molecule has 8 nitrogen and oxygen atoms in total. The topological polar surface area (TPSA) is 88.4 Å². The lowest BCUT2D eigenvalue weighted by atomic mass is 9.95. The molecule has 0 saturated heterocycles. The first-order valence-corrected chi connectivity index (χ1v) is 12.0. The molecule has 10 heteroatoms. The maximum atomic E-state index is 13.7. The highest BCUT2D eigenvalue weighted by Gasteiger charge is 2.34. The second kappa shape index (κ2) is 9.24. The number of nitrogens with zero attached hydrogens (tertiary/aromatic N) is 2. The molecule has 0 saturated carbocycles. The highest BCUT2D eigenvalue weighted by molar-refractivity contribution is 7.07. The summed E-state index contributed by atoms with van der Waals surface area (Å²) in [6.45, 7) is 3.79. The van der Waals surface area contributed by atoms with Gasteiger partial charge in [-0.25, -0.2) is 9.79 Å². The molecule has 0 amide bonds. The first-order valence-electron chi connectivity index (χ1n) is 10.8. The molecule has 2 aliphatic heterocycles. The van der Waals surface area contributed by atoms with Crippen LogP contribution < -0.4 is 29.1 Å². The van der Waals surface area contributed by atoms with E-state index < -0.39 is 12.0 Å². The number of aromatic nitrogens is 1. The Bertz CT molecular complexity index is 1550. The van der Waals surface area contributed by atoms with Gasteiger partial charge in [-0.05, 0) is 55.3 Å². The van der Waals surface area contributed by atoms with Crippen molar-refractivity contribution in [3.8, 4) is 17.2 Å². The van der Waals surface area contributed by atoms with Crippen molar-refractivity contribution in [1.29, 1.82) is 0 Å². The van der Waals surface area contributed by atoms with Gasteiger partial charge in [-0.1, -0.05) is 35.1 Å². The first-order chi connectivity index (χ1) is 16.9. The summed E-state index contributed by atoms with van der Waals surface area (Å²) in [4.78, 5) is 31.7. The molecule has 0 aliphatic carbocycles. The zero-order valence-corrected chi connectivity index (χ0v) is 20.7. The Kier molecular flexibility index (Phi) is 6.12. The summed E-state index contributed by atoms with van der Waals surface area (Å²) < 4.78 is 23.5. The summed E-state index contributed by atoms with van der Waals surface area (Å²) in [5, 5.41) is 0.438. The van der Waals surface area contributed by atoms with Crippen LogP contribution in [0.5, 0.6) is 17.2 Å². The molecule has 2 aliphatic rings. The number of carbonyl (C=O) groups excluding carboxylic acids is 1. The first kappa shape index (κ1) is 23.2. The molecular weight excluding hydrogens is 492 g/mol. The summed E-state index contributed by atoms with van der Waals surface area (Å²) in [5.41, 5.74) is 1.94. The minimum Gasteiger partial charge on any atom is -0.495 e. The van der Waals surface area contributed by atoms with E-state index in [1.165, 1.54) is 15.9 Å². The van der Waals surface area contributed by atoms with Crippen molar-refractivity contribution in [3.05, 3.63) is 83.5 Å². The van der Waals surface area contributed by atoms with Crippen LogP contribution in [0.15, 0.2) is 57.5 Å². The lowest BCUT2D eigenvalue weighted by Crippen LogP contribution is -2.39. The van der Waals surface area contributed by atoms with Crippen LogP contribution in [-0.4, -0.2) is 31.0 Å². The quantitative estimate of drug-likeness (QED) is 0.488. The third-order valence-electron chi connectivity index (χ3n) is 5.70. The smallest absolute Gasteiger partial charge is 0.338 e. The number of benzene rings is 2. The van der Waals surface area contributed by atoms with Gasteiger partial charge in [0.05, 0.1) is 40.6 Å². The maximum absolute atomic E-state index is 13.7. The van der Waals surface area contributed by atoms with Crippen molar-refractivity contribution in [3.63, 3.8) is 0 Å². The second-order valence-corrected chi connectivity index (χ2v) is 9.23. The van der Waals surface area contributed by atoms with Crippen LogP contribution in [0.4, 0.5) is 0 Å². The minimum absolute atomic E-state index is 0.117. The number of esters is 1. The Morgan fingerprint density at radius 2 is 2.06 bits per heavy atom. The van der Waals surface area contributed by atoms with Gasteiger partial charge in [0.15, 0.2) is 16.3 Å². The molecule has 5 rings (SSSR count). The van der Waals surface area contributed by atoms with Gasteiger partial charge in [0, 0.05) is 0 Å². The number of carbonyl (C=O) groups is 1. The molecule has 0 unspecified atom stereocenters. The number of allylic oxidation sites excluding steroid dienone is 1. The molecule has 3 aromatic rings. The summed E-state index contributed by atoms with van der Waals surface area (Å²) in [6, 6.07) is 9.91. The Labute approximate surface area is 209 Å². The predicted molar refractivity (Wildman–Crippen MR) is 131 cm³/mol. The van der Waals surface area contributed by atoms with Crippen molar-refractivity contribution >= 4 is 35.0 Å². The zero-order chi connectivity index (χ0) is 24.7. The fraction of sp³-hybridized carbons (Fsp3) is 0.240. The van der Waals surface area contributed by atoms with Gasteiger partial charge in [-0.3, -0.25) is 9.36 Å². The molecule has 0 N–H and O–H groups in total. The normalized spacial score (nSPS) is 16.7. The summed E-state index contributed by atoms with van der Waals surface area (Å²) >= 11 is 7.50. The van der Waals surface area contributed by atoms with Crippen molar-refractivity contribution in [1.82, 2.24) is 4.57 Å². The molecule has 0 spiro atoms. The number of fused-ring (bicyclic) bond motifs is 2. The number of halogens is 1. The van der Waals surface area contributed by atoms with E-state index in [2.05, 4.69) is 4.99 Å². The Morgan fingerprint density at radius 1 is 1.26 bits per heavy atom. The van der Waals surface area contributed by atoms with Crippen LogP contribution in [-0.2, 0) is 9.53 Å². The Balaban J connectivity index is 1.70. The molecule has 1 aromatic heterocycles. The monoisotopic (exact) mass is 512 g/mol. The molecule has 35 heavy (non-hydrogen) atoms. The number of hydrogen-bond acceptors (Lipinski definition) is 8. The van der Waals surface area contributed by atoms with E-state index in [0.29, 0.717) is 48.4 Å². The number of rotatable bonds is 5. The number of thiazole rings is 1. The lowest BCUT2D eigenvalue weighted by molar-refractivity contribution is -0.139. The molecular formula is C25H21ClN2O6S. The van der Waals surface area contributed by atoms with E-state index in [-0.39, 0.29) is 19.0 Å². The Morgan fingerprint density at radius 3 is 2.80 bits per heavy atom. The number of methoxy groups -OCH3 is 1. The predicted octanol–water partition coefficient (Wildman–Crippen LogP) is 3.19. The average Bonchev–Trinajstić information content (AvgIpc) is 3.42. The van der Waals surface area contributed by atoms with Gasteiger partial charge in [-0.15, -0.1) is 0 Å². The lowest BCUT2D eigenvalue weighted by Gasteiger charge is -2.24. The third kappa shape index (κ3) is 4.11. The number of hydrogen-bond donors (Lipinski definition) is 0. The highest BCUT2D eigenvalue weighted by atomic mass is 35.5. The van der Waals surface area contributed by atoms with Crippen LogP contribution >= 0.6 is 22.9 Å². The molecule has 0 bridgehead atoms. The summed E-state index contributed by atoms with van der Waals surface area (Å²) in [7, 11) is 1.54. The third-order valence-corrected chi connectivity index (χ3v) is 6.98. The van der Waals surface area contributed by atoms with Gasteiger partial charge in [0.2, 0.25) is 6.79 Å². The van der Waals surface area contributed by atoms with E-state index >= 15 is 0 Å². The fourth-order valence-corrected chi connectivity index (χ4v) is 5.43. The highest BCUT2D eigenvalue weighted by Crippen LogP contribution is 2.38.